The quantitative estimate of drug-likeness (QED) is 0.906. The molecule has 0 saturated carbocycles. The number of nitrogens with one attached hydrogen (secondary N) is 1. The fraction of sp³-hybridized carbons (Fsp3) is 0.588. The Bertz CT molecular complexity index is 518. The molecule has 1 aromatic carbocycles. The van der Waals surface area contributed by atoms with Crippen LogP contribution in [0.4, 0.5) is 0 Å². The van der Waals surface area contributed by atoms with E-state index in [0.29, 0.717) is 0 Å². The third-order valence-electron chi connectivity index (χ3n) is 4.21. The van der Waals surface area contributed by atoms with Gasteiger partial charge in [-0.25, -0.2) is 0 Å². The summed E-state index contributed by atoms with van der Waals surface area (Å²) in [5.74, 6) is 1.20. The highest BCUT2D eigenvalue weighted by atomic mass is 32.2. The van der Waals surface area contributed by atoms with Gasteiger partial charge in [-0.3, -0.25) is 10.1 Å². The van der Waals surface area contributed by atoms with Crippen LogP contribution < -0.4 is 5.32 Å². The molecule has 1 saturated heterocycles. The van der Waals surface area contributed by atoms with Crippen molar-refractivity contribution in [3.8, 4) is 0 Å². The number of carbonyl (C=O) groups excluding carboxylic acids is 1. The molecule has 3 nitrogen and oxygen atoms in total. The largest absolute Gasteiger partial charge is 0.318 e. The van der Waals surface area contributed by atoms with E-state index in [2.05, 4.69) is 57.5 Å². The lowest BCUT2D eigenvalue weighted by molar-refractivity contribution is -0.131. The molecule has 0 aliphatic carbocycles. The normalized spacial score (nSPS) is 23.7. The molecule has 21 heavy (non-hydrogen) atoms. The molecule has 1 heterocycles. The Balaban J connectivity index is 2.38. The van der Waals surface area contributed by atoms with Gasteiger partial charge in [-0.05, 0) is 44.6 Å². The molecule has 4 heteroatoms. The number of carbonyl (C=O) groups is 1. The average molecular weight is 306 g/mol. The molecule has 1 amide bonds. The van der Waals surface area contributed by atoms with E-state index in [4.69, 9.17) is 0 Å². The first-order chi connectivity index (χ1) is 9.99. The van der Waals surface area contributed by atoms with Crippen LogP contribution in [0.3, 0.4) is 0 Å². The van der Waals surface area contributed by atoms with Crippen molar-refractivity contribution in [3.05, 3.63) is 34.9 Å². The van der Waals surface area contributed by atoms with Gasteiger partial charge in [0.05, 0.1) is 6.04 Å². The second-order valence-electron chi connectivity index (χ2n) is 5.94. The van der Waals surface area contributed by atoms with Crippen LogP contribution in [0.5, 0.6) is 0 Å². The summed E-state index contributed by atoms with van der Waals surface area (Å²) in [4.78, 5) is 14.7. The summed E-state index contributed by atoms with van der Waals surface area (Å²) < 4.78 is 0. The second kappa shape index (κ2) is 6.84. The molecule has 116 valence electrons. The topological polar surface area (TPSA) is 32.3 Å². The molecule has 3 unspecified atom stereocenters. The number of hydrogen-bond donors (Lipinski definition) is 1. The molecule has 1 aromatic rings. The fourth-order valence-electron chi connectivity index (χ4n) is 3.03. The van der Waals surface area contributed by atoms with Gasteiger partial charge in [-0.15, -0.1) is 0 Å². The number of amides is 1. The summed E-state index contributed by atoms with van der Waals surface area (Å²) in [5, 5.41) is 3.53. The summed E-state index contributed by atoms with van der Waals surface area (Å²) in [7, 11) is 0. The lowest BCUT2D eigenvalue weighted by Crippen LogP contribution is -2.40. The van der Waals surface area contributed by atoms with Gasteiger partial charge in [0, 0.05) is 11.8 Å². The third-order valence-corrected chi connectivity index (χ3v) is 5.03. The molecule has 1 N–H and O–H groups in total. The van der Waals surface area contributed by atoms with Crippen LogP contribution >= 0.6 is 11.8 Å². The molecule has 0 spiro atoms. The van der Waals surface area contributed by atoms with E-state index in [-0.39, 0.29) is 24.2 Å². The van der Waals surface area contributed by atoms with E-state index in [0.717, 1.165) is 12.2 Å². The van der Waals surface area contributed by atoms with Crippen LogP contribution in [0.2, 0.25) is 0 Å². The minimum absolute atomic E-state index is 0.00417. The van der Waals surface area contributed by atoms with E-state index in [9.17, 15) is 4.79 Å². The van der Waals surface area contributed by atoms with Gasteiger partial charge in [-0.2, -0.15) is 11.8 Å². The highest BCUT2D eigenvalue weighted by Crippen LogP contribution is 2.31. The molecular formula is C17H26N2OS. The van der Waals surface area contributed by atoms with Gasteiger partial charge < -0.3 is 4.90 Å². The van der Waals surface area contributed by atoms with Crippen LogP contribution in [-0.4, -0.2) is 34.9 Å². The van der Waals surface area contributed by atoms with E-state index in [1.807, 2.05) is 4.90 Å². The Labute approximate surface area is 132 Å². The summed E-state index contributed by atoms with van der Waals surface area (Å²) in [6.07, 6.45) is 2.93. The Morgan fingerprint density at radius 1 is 1.38 bits per heavy atom. The van der Waals surface area contributed by atoms with Crippen molar-refractivity contribution >= 4 is 17.7 Å². The molecule has 2 rings (SSSR count). The average Bonchev–Trinajstić information content (AvgIpc) is 2.78. The van der Waals surface area contributed by atoms with Crippen molar-refractivity contribution in [3.63, 3.8) is 0 Å². The molecule has 0 bridgehead atoms. The number of thioether (sulfide) groups is 1. The van der Waals surface area contributed by atoms with Crippen molar-refractivity contribution in [2.75, 3.05) is 12.0 Å². The van der Waals surface area contributed by atoms with Crippen molar-refractivity contribution in [1.82, 2.24) is 10.2 Å². The van der Waals surface area contributed by atoms with Gasteiger partial charge in [-0.1, -0.05) is 30.7 Å². The van der Waals surface area contributed by atoms with Gasteiger partial charge in [0.1, 0.15) is 6.17 Å². The Hall–Kier alpha value is -1.00. The number of rotatable bonds is 5. The minimum atomic E-state index is -0.0563. The van der Waals surface area contributed by atoms with Gasteiger partial charge in [0.15, 0.2) is 0 Å². The first-order valence-electron chi connectivity index (χ1n) is 7.63. The van der Waals surface area contributed by atoms with E-state index in [1.165, 1.54) is 16.7 Å². The maximum absolute atomic E-state index is 12.7. The third kappa shape index (κ3) is 3.27. The lowest BCUT2D eigenvalue weighted by atomic mass is 10.0. The molecule has 0 radical (unpaired) electrons. The van der Waals surface area contributed by atoms with E-state index >= 15 is 0 Å². The molecular weight excluding hydrogens is 280 g/mol. The molecule has 0 aromatic heterocycles. The zero-order chi connectivity index (χ0) is 15.6. The first kappa shape index (κ1) is 16.4. The van der Waals surface area contributed by atoms with Crippen molar-refractivity contribution in [1.29, 1.82) is 0 Å². The monoisotopic (exact) mass is 306 g/mol. The van der Waals surface area contributed by atoms with Crippen LogP contribution in [0.15, 0.2) is 18.2 Å². The van der Waals surface area contributed by atoms with Crippen molar-refractivity contribution in [2.24, 2.45) is 0 Å². The molecule has 1 aliphatic rings. The molecule has 3 atom stereocenters. The lowest BCUT2D eigenvalue weighted by Gasteiger charge is -2.31. The van der Waals surface area contributed by atoms with Crippen LogP contribution in [0, 0.1) is 13.8 Å². The first-order valence-corrected chi connectivity index (χ1v) is 9.03. The predicted octanol–water partition coefficient (Wildman–Crippen LogP) is 3.26. The maximum atomic E-state index is 12.7. The van der Waals surface area contributed by atoms with Crippen LogP contribution in [-0.2, 0) is 4.79 Å². The highest BCUT2D eigenvalue weighted by molar-refractivity contribution is 7.98. The highest BCUT2D eigenvalue weighted by Gasteiger charge is 2.41. The van der Waals surface area contributed by atoms with E-state index in [1.54, 1.807) is 11.8 Å². The number of aryl methyl sites for hydroxylation is 2. The summed E-state index contributed by atoms with van der Waals surface area (Å²) >= 11 is 1.79. The predicted molar refractivity (Wildman–Crippen MR) is 90.6 cm³/mol. The minimum Gasteiger partial charge on any atom is -0.318 e. The Kier molecular flexibility index (Phi) is 5.33. The van der Waals surface area contributed by atoms with Crippen LogP contribution in [0.25, 0.3) is 0 Å². The van der Waals surface area contributed by atoms with Crippen molar-refractivity contribution in [2.45, 2.75) is 52.4 Å². The number of nitrogens with zero attached hydrogens (tertiary/aromatic N) is 1. The second-order valence-corrected chi connectivity index (χ2v) is 6.85. The van der Waals surface area contributed by atoms with Gasteiger partial charge in [0.25, 0.3) is 0 Å². The summed E-state index contributed by atoms with van der Waals surface area (Å²) in [6.45, 7) is 8.44. The molecule has 1 aliphatic heterocycles. The maximum Gasteiger partial charge on any atom is 0.241 e. The summed E-state index contributed by atoms with van der Waals surface area (Å²) in [5.41, 5.74) is 3.71. The van der Waals surface area contributed by atoms with Crippen molar-refractivity contribution < 1.29 is 4.79 Å². The zero-order valence-electron chi connectivity index (χ0n) is 13.6. The standard InChI is InChI=1S/C17H26N2OS/c1-6-15-17(20)19(13(4)10-21-5)16(18-15)14-9-11(2)7-8-12(14)3/h7-9,13,15-16,18H,6,10H2,1-5H3. The van der Waals surface area contributed by atoms with Gasteiger partial charge >= 0.3 is 0 Å². The number of hydrogen-bond acceptors (Lipinski definition) is 3. The van der Waals surface area contributed by atoms with Crippen LogP contribution in [0.1, 0.15) is 43.1 Å². The Morgan fingerprint density at radius 2 is 2.10 bits per heavy atom. The number of benzene rings is 1. The smallest absolute Gasteiger partial charge is 0.241 e. The Morgan fingerprint density at radius 3 is 2.71 bits per heavy atom. The fourth-order valence-corrected chi connectivity index (χ4v) is 3.67. The summed E-state index contributed by atoms with van der Waals surface area (Å²) in [6, 6.07) is 6.66. The SMILES string of the molecule is CCC1NC(c2cc(C)ccc2C)N(C(C)CSC)C1=O. The van der Waals surface area contributed by atoms with E-state index < -0.39 is 0 Å². The van der Waals surface area contributed by atoms with Gasteiger partial charge in [0.2, 0.25) is 5.91 Å². The zero-order valence-corrected chi connectivity index (χ0v) is 14.5. The molecule has 1 fully saturated rings.